The molecule has 0 aliphatic heterocycles. The van der Waals surface area contributed by atoms with Crippen molar-refractivity contribution in [2.75, 3.05) is 0 Å². The maximum Gasteiger partial charge on any atom is 0.459 e. The number of hydrogen-bond acceptors (Lipinski definition) is 4. The molecule has 0 amide bonds. The minimum Gasteiger partial charge on any atom is -0.475 e. The minimum atomic E-state index is -8.50. The Morgan fingerprint density at radius 3 is 0.946 bits per heavy atom. The predicted octanol–water partition coefficient (Wildman–Crippen LogP) is 6.42. The van der Waals surface area contributed by atoms with E-state index in [1.807, 2.05) is 0 Å². The van der Waals surface area contributed by atoms with E-state index in [0.29, 0.717) is 0 Å². The third-order valence-corrected chi connectivity index (χ3v) is 3.51. The van der Waals surface area contributed by atoms with Gasteiger partial charge in [-0.1, -0.05) is 0 Å². The number of aliphatic carboxylic acids is 1. The zero-order chi connectivity index (χ0) is 30.7. The Balaban J connectivity index is 7.13. The summed E-state index contributed by atoms with van der Waals surface area (Å²) < 4.78 is 264. The van der Waals surface area contributed by atoms with Crippen molar-refractivity contribution in [1.29, 1.82) is 0 Å². The smallest absolute Gasteiger partial charge is 0.459 e. The van der Waals surface area contributed by atoms with Gasteiger partial charge in [0.25, 0.3) is 0 Å². The standard InChI is InChI=1S/C11HClF20O5/c12-6(18,19)3(15,7(20,21)22)36-11(31,32)5(17,9(26,27)28)37-10(29,30)4(16,8(23,24)25)35-2(13,14)1(33)34/h(H,33,34). The highest BCUT2D eigenvalue weighted by atomic mass is 35.5. The van der Waals surface area contributed by atoms with Crippen LogP contribution in [0.4, 0.5) is 87.8 Å². The second-order valence-corrected chi connectivity index (χ2v) is 6.41. The fourth-order valence-electron chi connectivity index (χ4n) is 1.55. The molecule has 0 aliphatic rings. The van der Waals surface area contributed by atoms with Gasteiger partial charge in [-0.05, 0) is 11.6 Å². The van der Waals surface area contributed by atoms with Gasteiger partial charge in [0.15, 0.2) is 0 Å². The van der Waals surface area contributed by atoms with Crippen LogP contribution >= 0.6 is 11.6 Å². The molecule has 0 heterocycles. The van der Waals surface area contributed by atoms with Crippen LogP contribution < -0.4 is 0 Å². The summed E-state index contributed by atoms with van der Waals surface area (Å²) in [7, 11) is 0. The van der Waals surface area contributed by atoms with Crippen molar-refractivity contribution >= 4 is 17.6 Å². The topological polar surface area (TPSA) is 65.0 Å². The molecule has 0 aromatic heterocycles. The molecule has 5 nitrogen and oxygen atoms in total. The highest BCUT2D eigenvalue weighted by molar-refractivity contribution is 6.22. The number of carbonyl (C=O) groups is 1. The van der Waals surface area contributed by atoms with Gasteiger partial charge in [0.2, 0.25) is 0 Å². The van der Waals surface area contributed by atoms with Crippen molar-refractivity contribution in [2.45, 2.75) is 59.8 Å². The van der Waals surface area contributed by atoms with Gasteiger partial charge in [0.1, 0.15) is 0 Å². The van der Waals surface area contributed by atoms with E-state index in [2.05, 4.69) is 11.6 Å². The third-order valence-electron chi connectivity index (χ3n) is 3.26. The van der Waals surface area contributed by atoms with Crippen LogP contribution in [0.3, 0.4) is 0 Å². The molecule has 0 fully saturated rings. The number of alkyl halides is 21. The summed E-state index contributed by atoms with van der Waals surface area (Å²) in [5.74, 6) is -28.5. The molecular weight excluding hydrogens is 628 g/mol. The Kier molecular flexibility index (Phi) is 8.73. The summed E-state index contributed by atoms with van der Waals surface area (Å²) in [5, 5.41) is 0.765. The largest absolute Gasteiger partial charge is 0.475 e. The molecule has 26 heteroatoms. The van der Waals surface area contributed by atoms with Crippen LogP contribution in [0.15, 0.2) is 0 Å². The fraction of sp³-hybridized carbons (Fsp3) is 0.909. The van der Waals surface area contributed by atoms with Crippen molar-refractivity contribution in [3.63, 3.8) is 0 Å². The Hall–Kier alpha value is -1.76. The first-order chi connectivity index (χ1) is 15.6. The van der Waals surface area contributed by atoms with Crippen molar-refractivity contribution in [3.8, 4) is 0 Å². The highest BCUT2D eigenvalue weighted by Crippen LogP contribution is 2.59. The number of carboxylic acids is 1. The van der Waals surface area contributed by atoms with Gasteiger partial charge < -0.3 is 5.11 Å². The average molecular weight is 629 g/mol. The zero-order valence-corrected chi connectivity index (χ0v) is 16.3. The van der Waals surface area contributed by atoms with E-state index in [1.54, 1.807) is 0 Å². The number of hydrogen-bond donors (Lipinski definition) is 1. The van der Waals surface area contributed by atoms with Gasteiger partial charge in [0, 0.05) is 0 Å². The van der Waals surface area contributed by atoms with E-state index in [1.165, 1.54) is 14.2 Å². The van der Waals surface area contributed by atoms with Crippen LogP contribution in [0, 0.1) is 0 Å². The minimum absolute atomic E-state index is 1.17. The molecule has 0 spiro atoms. The van der Waals surface area contributed by atoms with E-state index >= 15 is 0 Å². The van der Waals surface area contributed by atoms with Crippen LogP contribution in [-0.4, -0.2) is 70.9 Å². The summed E-state index contributed by atoms with van der Waals surface area (Å²) in [6.45, 7) is 0. The quantitative estimate of drug-likeness (QED) is 0.224. The van der Waals surface area contributed by atoms with Crippen LogP contribution in [-0.2, 0) is 19.0 Å². The van der Waals surface area contributed by atoms with E-state index in [9.17, 15) is 92.6 Å². The first kappa shape index (κ1) is 35.2. The lowest BCUT2D eigenvalue weighted by Gasteiger charge is -2.42. The summed E-state index contributed by atoms with van der Waals surface area (Å²) in [4.78, 5) is 9.98. The second kappa shape index (κ2) is 9.17. The Morgan fingerprint density at radius 2 is 0.730 bits per heavy atom. The first-order valence-electron chi connectivity index (χ1n) is 7.37. The highest BCUT2D eigenvalue weighted by Gasteiger charge is 2.87. The number of halogens is 21. The zero-order valence-electron chi connectivity index (χ0n) is 15.5. The Morgan fingerprint density at radius 1 is 0.486 bits per heavy atom. The van der Waals surface area contributed by atoms with Gasteiger partial charge >= 0.3 is 65.8 Å². The summed E-state index contributed by atoms with van der Waals surface area (Å²) in [5.41, 5.74) is 0. The number of carboxylic acid groups (broad SMARTS) is 1. The lowest BCUT2D eigenvalue weighted by molar-refractivity contribution is -0.572. The van der Waals surface area contributed by atoms with Gasteiger partial charge in [0.05, 0.1) is 0 Å². The molecule has 0 bridgehead atoms. The Bertz CT molecular complexity index is 830. The summed E-state index contributed by atoms with van der Waals surface area (Å²) in [6, 6.07) is 0. The molecular formula is C11HClF20O5. The van der Waals surface area contributed by atoms with Crippen LogP contribution in [0.5, 0.6) is 0 Å². The molecule has 0 aromatic rings. The average Bonchev–Trinajstić information content (AvgIpc) is 2.56. The SMILES string of the molecule is O=C(O)C(F)(F)OC(F)(C(F)(F)F)C(F)(F)OC(F)(C(F)(F)F)C(F)(F)OC(F)(C(F)(F)F)C(F)(F)Cl. The molecule has 0 saturated heterocycles. The molecule has 0 saturated carbocycles. The number of rotatable bonds is 10. The van der Waals surface area contributed by atoms with Crippen LogP contribution in [0.25, 0.3) is 0 Å². The molecule has 3 unspecified atom stereocenters. The molecule has 3 atom stereocenters. The van der Waals surface area contributed by atoms with Crippen molar-refractivity contribution in [3.05, 3.63) is 0 Å². The van der Waals surface area contributed by atoms with Crippen molar-refractivity contribution in [2.24, 2.45) is 0 Å². The molecule has 37 heavy (non-hydrogen) atoms. The lowest BCUT2D eigenvalue weighted by Crippen LogP contribution is -2.70. The number of ether oxygens (including phenoxy) is 3. The van der Waals surface area contributed by atoms with Gasteiger partial charge in [-0.2, -0.15) is 87.8 Å². The lowest BCUT2D eigenvalue weighted by atomic mass is 10.2. The molecule has 0 radical (unpaired) electrons. The fourth-order valence-corrected chi connectivity index (χ4v) is 1.69. The van der Waals surface area contributed by atoms with Crippen molar-refractivity contribution < 1.29 is 112 Å². The summed E-state index contributed by atoms with van der Waals surface area (Å²) in [6.07, 6.45) is -47.7. The van der Waals surface area contributed by atoms with Gasteiger partial charge in [-0.15, -0.1) is 0 Å². The monoisotopic (exact) mass is 628 g/mol. The molecule has 222 valence electrons. The van der Waals surface area contributed by atoms with Crippen LogP contribution in [0.2, 0.25) is 0 Å². The Labute approximate surface area is 190 Å². The first-order valence-corrected chi connectivity index (χ1v) is 7.75. The summed E-state index contributed by atoms with van der Waals surface area (Å²) >= 11 is 3.42. The van der Waals surface area contributed by atoms with E-state index < -0.39 is 65.8 Å². The van der Waals surface area contributed by atoms with Crippen molar-refractivity contribution in [1.82, 2.24) is 0 Å². The maximum absolute atomic E-state index is 14.0. The second-order valence-electron chi connectivity index (χ2n) is 5.94. The molecule has 0 aliphatic carbocycles. The maximum atomic E-state index is 14.0. The molecule has 0 aromatic carbocycles. The predicted molar refractivity (Wildman–Crippen MR) is 66.2 cm³/mol. The van der Waals surface area contributed by atoms with E-state index in [0.717, 1.165) is 0 Å². The van der Waals surface area contributed by atoms with Crippen LogP contribution in [0.1, 0.15) is 0 Å². The molecule has 0 rings (SSSR count). The normalized spacial score (nSPS) is 20.1. The molecule has 1 N–H and O–H groups in total. The van der Waals surface area contributed by atoms with E-state index in [-0.39, 0.29) is 0 Å². The van der Waals surface area contributed by atoms with Gasteiger partial charge in [-0.25, -0.2) is 4.79 Å². The van der Waals surface area contributed by atoms with E-state index in [4.69, 9.17) is 5.11 Å². The third kappa shape index (κ3) is 6.12. The van der Waals surface area contributed by atoms with Gasteiger partial charge in [-0.3, -0.25) is 14.2 Å².